The fraction of sp³-hybridized carbons (Fsp3) is 0.333. The van der Waals surface area contributed by atoms with Crippen molar-refractivity contribution in [2.75, 3.05) is 0 Å². The molecule has 0 spiro atoms. The number of nitrogens with zero attached hydrogens (tertiary/aromatic N) is 3. The van der Waals surface area contributed by atoms with Crippen LogP contribution in [0.1, 0.15) is 19.9 Å². The molecular weight excluding hydrogens is 186 g/mol. The van der Waals surface area contributed by atoms with Gasteiger partial charge in [-0.15, -0.1) is 0 Å². The Morgan fingerprint density at radius 1 is 1.38 bits per heavy atom. The number of pyridine rings is 1. The van der Waals surface area contributed by atoms with E-state index in [1.807, 2.05) is 4.57 Å². The Kier molecular flexibility index (Phi) is 1.96. The van der Waals surface area contributed by atoms with Crippen molar-refractivity contribution in [3.05, 3.63) is 23.6 Å². The maximum Gasteiger partial charge on any atom is 0.161 e. The third-order valence-electron chi connectivity index (χ3n) is 1.97. The molecule has 0 saturated carbocycles. The van der Waals surface area contributed by atoms with Crippen LogP contribution < -0.4 is 0 Å². The van der Waals surface area contributed by atoms with Crippen molar-refractivity contribution in [1.82, 2.24) is 14.5 Å². The van der Waals surface area contributed by atoms with Crippen LogP contribution in [-0.4, -0.2) is 14.5 Å². The third kappa shape index (κ3) is 1.29. The lowest BCUT2D eigenvalue weighted by atomic mass is 10.4. The Bertz CT molecular complexity index is 433. The maximum absolute atomic E-state index is 5.96. The van der Waals surface area contributed by atoms with Crippen LogP contribution in [0.25, 0.3) is 11.2 Å². The van der Waals surface area contributed by atoms with E-state index >= 15 is 0 Å². The molecule has 68 valence electrons. The lowest BCUT2D eigenvalue weighted by Crippen LogP contribution is -1.99. The van der Waals surface area contributed by atoms with Gasteiger partial charge in [0.2, 0.25) is 0 Å². The van der Waals surface area contributed by atoms with Crippen LogP contribution in [0, 0.1) is 0 Å². The highest BCUT2D eigenvalue weighted by molar-refractivity contribution is 6.34. The minimum atomic E-state index is 0.357. The highest BCUT2D eigenvalue weighted by Gasteiger charge is 2.08. The molecule has 0 aliphatic heterocycles. The van der Waals surface area contributed by atoms with Gasteiger partial charge in [-0.1, -0.05) is 11.6 Å². The Hall–Kier alpha value is -1.09. The van der Waals surface area contributed by atoms with Crippen LogP contribution in [-0.2, 0) is 0 Å². The number of fused-ring (bicyclic) bond motifs is 1. The summed E-state index contributed by atoms with van der Waals surface area (Å²) in [6, 6.07) is 2.11. The summed E-state index contributed by atoms with van der Waals surface area (Å²) in [5.74, 6) is 0. The van der Waals surface area contributed by atoms with E-state index in [0.717, 1.165) is 11.2 Å². The van der Waals surface area contributed by atoms with E-state index in [9.17, 15) is 0 Å². The van der Waals surface area contributed by atoms with Crippen molar-refractivity contribution < 1.29 is 0 Å². The van der Waals surface area contributed by atoms with Gasteiger partial charge >= 0.3 is 0 Å². The fourth-order valence-corrected chi connectivity index (χ4v) is 1.47. The number of imidazole rings is 1. The molecule has 0 unspecified atom stereocenters. The zero-order chi connectivity index (χ0) is 9.42. The molecule has 0 fully saturated rings. The average Bonchev–Trinajstić information content (AvgIpc) is 2.48. The molecule has 2 aromatic rings. The maximum atomic E-state index is 5.96. The van der Waals surface area contributed by atoms with Crippen molar-refractivity contribution in [1.29, 1.82) is 0 Å². The van der Waals surface area contributed by atoms with Crippen molar-refractivity contribution in [2.24, 2.45) is 0 Å². The molecule has 0 aliphatic rings. The van der Waals surface area contributed by atoms with Crippen LogP contribution in [0.3, 0.4) is 0 Å². The molecule has 13 heavy (non-hydrogen) atoms. The molecule has 0 saturated heterocycles. The quantitative estimate of drug-likeness (QED) is 0.701. The van der Waals surface area contributed by atoms with Gasteiger partial charge in [0, 0.05) is 12.2 Å². The van der Waals surface area contributed by atoms with E-state index in [-0.39, 0.29) is 0 Å². The first-order valence-electron chi connectivity index (χ1n) is 4.17. The van der Waals surface area contributed by atoms with Gasteiger partial charge in [0.1, 0.15) is 5.52 Å². The van der Waals surface area contributed by atoms with Crippen LogP contribution in [0.5, 0.6) is 0 Å². The molecule has 0 radical (unpaired) electrons. The molecular formula is C9H10ClN3. The number of hydrogen-bond acceptors (Lipinski definition) is 2. The smallest absolute Gasteiger partial charge is 0.161 e. The molecule has 0 bridgehead atoms. The van der Waals surface area contributed by atoms with Gasteiger partial charge < -0.3 is 4.57 Å². The first-order chi connectivity index (χ1) is 6.20. The van der Waals surface area contributed by atoms with Crippen LogP contribution >= 0.6 is 11.6 Å². The highest BCUT2D eigenvalue weighted by Crippen LogP contribution is 2.21. The summed E-state index contributed by atoms with van der Waals surface area (Å²) in [6.07, 6.45) is 3.47. The molecule has 0 N–H and O–H groups in total. The molecule has 0 amide bonds. The van der Waals surface area contributed by atoms with Crippen LogP contribution in [0.15, 0.2) is 18.6 Å². The SMILES string of the molecule is CC(C)n1cnc2c(Cl)ccnc21. The van der Waals surface area contributed by atoms with Crippen LogP contribution in [0.2, 0.25) is 5.02 Å². The van der Waals surface area contributed by atoms with E-state index < -0.39 is 0 Å². The summed E-state index contributed by atoms with van der Waals surface area (Å²) in [6.45, 7) is 4.17. The predicted molar refractivity (Wildman–Crippen MR) is 52.9 cm³/mol. The standard InChI is InChI=1S/C9H10ClN3/c1-6(2)13-5-12-8-7(10)3-4-11-9(8)13/h3-6H,1-2H3. The van der Waals surface area contributed by atoms with Crippen molar-refractivity contribution >= 4 is 22.8 Å². The third-order valence-corrected chi connectivity index (χ3v) is 2.27. The minimum Gasteiger partial charge on any atom is -0.313 e. The topological polar surface area (TPSA) is 30.7 Å². The molecule has 0 atom stereocenters. The molecule has 0 aromatic carbocycles. The molecule has 2 aromatic heterocycles. The molecule has 0 aliphatic carbocycles. The minimum absolute atomic E-state index is 0.357. The Labute approximate surface area is 81.4 Å². The normalized spacial score (nSPS) is 11.4. The van der Waals surface area contributed by atoms with Gasteiger partial charge in [-0.3, -0.25) is 0 Å². The second-order valence-electron chi connectivity index (χ2n) is 3.21. The molecule has 4 heteroatoms. The monoisotopic (exact) mass is 195 g/mol. The van der Waals surface area contributed by atoms with Gasteiger partial charge in [-0.05, 0) is 19.9 Å². The second-order valence-corrected chi connectivity index (χ2v) is 3.62. The number of halogens is 1. The van der Waals surface area contributed by atoms with Gasteiger partial charge in [0.15, 0.2) is 5.65 Å². The summed E-state index contributed by atoms with van der Waals surface area (Å²) in [5, 5.41) is 0.657. The number of rotatable bonds is 1. The van der Waals surface area contributed by atoms with Crippen molar-refractivity contribution in [3.8, 4) is 0 Å². The largest absolute Gasteiger partial charge is 0.313 e. The van der Waals surface area contributed by atoms with E-state index in [1.165, 1.54) is 0 Å². The molecule has 2 rings (SSSR count). The highest BCUT2D eigenvalue weighted by atomic mass is 35.5. The van der Waals surface area contributed by atoms with Gasteiger partial charge in [0.05, 0.1) is 11.3 Å². The first-order valence-corrected chi connectivity index (χ1v) is 4.55. The van der Waals surface area contributed by atoms with E-state index in [2.05, 4.69) is 23.8 Å². The lowest BCUT2D eigenvalue weighted by molar-refractivity contribution is 0.613. The van der Waals surface area contributed by atoms with Gasteiger partial charge in [-0.25, -0.2) is 9.97 Å². The molecule has 3 nitrogen and oxygen atoms in total. The van der Waals surface area contributed by atoms with Gasteiger partial charge in [-0.2, -0.15) is 0 Å². The van der Waals surface area contributed by atoms with Crippen LogP contribution in [0.4, 0.5) is 0 Å². The summed E-state index contributed by atoms with van der Waals surface area (Å²) < 4.78 is 2.00. The Morgan fingerprint density at radius 3 is 2.85 bits per heavy atom. The summed E-state index contributed by atoms with van der Waals surface area (Å²) in [4.78, 5) is 8.45. The summed E-state index contributed by atoms with van der Waals surface area (Å²) in [5.41, 5.74) is 1.63. The average molecular weight is 196 g/mol. The number of aromatic nitrogens is 3. The number of hydrogen-bond donors (Lipinski definition) is 0. The summed E-state index contributed by atoms with van der Waals surface area (Å²) in [7, 11) is 0. The van der Waals surface area contributed by atoms with E-state index in [4.69, 9.17) is 11.6 Å². The Balaban J connectivity index is 2.75. The second kappa shape index (κ2) is 3.00. The van der Waals surface area contributed by atoms with Crippen molar-refractivity contribution in [2.45, 2.75) is 19.9 Å². The van der Waals surface area contributed by atoms with E-state index in [0.29, 0.717) is 11.1 Å². The zero-order valence-electron chi connectivity index (χ0n) is 7.53. The summed E-state index contributed by atoms with van der Waals surface area (Å²) >= 11 is 5.96. The van der Waals surface area contributed by atoms with Crippen molar-refractivity contribution in [3.63, 3.8) is 0 Å². The predicted octanol–water partition coefficient (Wildman–Crippen LogP) is 2.67. The molecule has 2 heterocycles. The first kappa shape index (κ1) is 8.51. The lowest BCUT2D eigenvalue weighted by Gasteiger charge is -2.06. The van der Waals surface area contributed by atoms with E-state index in [1.54, 1.807) is 18.6 Å². The fourth-order valence-electron chi connectivity index (χ4n) is 1.28. The van der Waals surface area contributed by atoms with Gasteiger partial charge in [0.25, 0.3) is 0 Å². The Morgan fingerprint density at radius 2 is 2.15 bits per heavy atom. The zero-order valence-corrected chi connectivity index (χ0v) is 8.28.